The van der Waals surface area contributed by atoms with Crippen LogP contribution >= 0.6 is 0 Å². The Labute approximate surface area is 87.3 Å². The summed E-state index contributed by atoms with van der Waals surface area (Å²) in [6.45, 7) is 8.14. The van der Waals surface area contributed by atoms with E-state index in [1.54, 1.807) is 6.08 Å². The Hall–Kier alpha value is -0.790. The maximum Gasteiger partial charge on any atom is 0.309 e. The van der Waals surface area contributed by atoms with Crippen LogP contribution in [0.3, 0.4) is 0 Å². The smallest absolute Gasteiger partial charge is 0.309 e. The van der Waals surface area contributed by atoms with E-state index in [0.29, 0.717) is 6.61 Å². The van der Waals surface area contributed by atoms with Gasteiger partial charge in [-0.15, -0.1) is 6.58 Å². The second kappa shape index (κ2) is 8.79. The van der Waals surface area contributed by atoms with Crippen molar-refractivity contribution in [3.8, 4) is 0 Å². The van der Waals surface area contributed by atoms with E-state index in [0.717, 1.165) is 19.3 Å². The zero-order valence-corrected chi connectivity index (χ0v) is 9.42. The summed E-state index contributed by atoms with van der Waals surface area (Å²) in [6.07, 6.45) is 6.94. The van der Waals surface area contributed by atoms with Crippen LogP contribution in [0, 0.1) is 5.92 Å². The van der Waals surface area contributed by atoms with Crippen LogP contribution < -0.4 is 0 Å². The van der Waals surface area contributed by atoms with Crippen molar-refractivity contribution in [2.24, 2.45) is 5.92 Å². The van der Waals surface area contributed by atoms with Crippen LogP contribution in [0.25, 0.3) is 0 Å². The summed E-state index contributed by atoms with van der Waals surface area (Å²) in [4.78, 5) is 11.5. The van der Waals surface area contributed by atoms with E-state index in [4.69, 9.17) is 4.74 Å². The molecule has 0 aromatic rings. The first-order chi connectivity index (χ1) is 6.76. The van der Waals surface area contributed by atoms with Gasteiger partial charge in [-0.05, 0) is 19.8 Å². The second-order valence-corrected chi connectivity index (χ2v) is 3.47. The molecule has 2 heteroatoms. The molecule has 0 rings (SSSR count). The number of allylic oxidation sites excluding steroid dienone is 1. The minimum absolute atomic E-state index is 0.0269. The number of esters is 1. The molecular weight excluding hydrogens is 176 g/mol. The summed E-state index contributed by atoms with van der Waals surface area (Å²) in [5.41, 5.74) is 0. The lowest BCUT2D eigenvalue weighted by atomic mass is 9.98. The van der Waals surface area contributed by atoms with Gasteiger partial charge in [0, 0.05) is 0 Å². The molecule has 0 N–H and O–H groups in total. The second-order valence-electron chi connectivity index (χ2n) is 3.47. The van der Waals surface area contributed by atoms with Gasteiger partial charge in [-0.3, -0.25) is 4.79 Å². The predicted octanol–water partition coefficient (Wildman–Crippen LogP) is 3.32. The highest BCUT2D eigenvalue weighted by Gasteiger charge is 2.17. The van der Waals surface area contributed by atoms with Gasteiger partial charge in [0.15, 0.2) is 0 Å². The van der Waals surface area contributed by atoms with Crippen molar-refractivity contribution in [2.45, 2.75) is 46.0 Å². The Morgan fingerprint density at radius 3 is 2.64 bits per heavy atom. The quantitative estimate of drug-likeness (QED) is 0.340. The van der Waals surface area contributed by atoms with Crippen LogP contribution in [0.1, 0.15) is 46.0 Å². The average molecular weight is 198 g/mol. The summed E-state index contributed by atoms with van der Waals surface area (Å²) in [5, 5.41) is 0. The Kier molecular flexibility index (Phi) is 8.30. The molecule has 14 heavy (non-hydrogen) atoms. The maximum atomic E-state index is 11.5. The molecular formula is C12H22O2. The highest BCUT2D eigenvalue weighted by Crippen LogP contribution is 2.15. The lowest BCUT2D eigenvalue weighted by Crippen LogP contribution is -2.17. The van der Waals surface area contributed by atoms with Gasteiger partial charge in [0.2, 0.25) is 0 Å². The topological polar surface area (TPSA) is 26.3 Å². The minimum Gasteiger partial charge on any atom is -0.466 e. The molecule has 0 radical (unpaired) electrons. The van der Waals surface area contributed by atoms with Crippen LogP contribution in [-0.2, 0) is 9.53 Å². The van der Waals surface area contributed by atoms with Gasteiger partial charge in [-0.25, -0.2) is 0 Å². The standard InChI is InChI=1S/C12H22O2/c1-4-7-8-10-11(9-5-2)12(13)14-6-3/h5,11H,2,4,6-10H2,1,3H3. The summed E-state index contributed by atoms with van der Waals surface area (Å²) < 4.78 is 5.00. The molecule has 82 valence electrons. The van der Waals surface area contributed by atoms with E-state index in [9.17, 15) is 4.79 Å². The van der Waals surface area contributed by atoms with Gasteiger partial charge in [-0.2, -0.15) is 0 Å². The fraction of sp³-hybridized carbons (Fsp3) is 0.750. The van der Waals surface area contributed by atoms with E-state index in [2.05, 4.69) is 13.5 Å². The maximum absolute atomic E-state index is 11.5. The normalized spacial score (nSPS) is 12.1. The number of hydrogen-bond acceptors (Lipinski definition) is 2. The molecule has 0 fully saturated rings. The minimum atomic E-state index is -0.0662. The predicted molar refractivity (Wildman–Crippen MR) is 59.1 cm³/mol. The van der Waals surface area contributed by atoms with Crippen molar-refractivity contribution >= 4 is 5.97 Å². The van der Waals surface area contributed by atoms with Gasteiger partial charge in [-0.1, -0.05) is 32.3 Å². The van der Waals surface area contributed by atoms with E-state index in [-0.39, 0.29) is 11.9 Å². The molecule has 0 amide bonds. The summed E-state index contributed by atoms with van der Waals surface area (Å²) in [6, 6.07) is 0. The van der Waals surface area contributed by atoms with Gasteiger partial charge < -0.3 is 4.74 Å². The fourth-order valence-electron chi connectivity index (χ4n) is 1.43. The molecule has 0 aromatic carbocycles. The molecule has 0 spiro atoms. The number of rotatable bonds is 8. The van der Waals surface area contributed by atoms with E-state index in [1.165, 1.54) is 12.8 Å². The zero-order valence-electron chi connectivity index (χ0n) is 9.42. The molecule has 0 aliphatic heterocycles. The van der Waals surface area contributed by atoms with Crippen molar-refractivity contribution in [1.82, 2.24) is 0 Å². The molecule has 0 aliphatic carbocycles. The van der Waals surface area contributed by atoms with Gasteiger partial charge in [0.25, 0.3) is 0 Å². The number of carbonyl (C=O) groups is 1. The van der Waals surface area contributed by atoms with Crippen molar-refractivity contribution in [3.05, 3.63) is 12.7 Å². The van der Waals surface area contributed by atoms with Gasteiger partial charge in [0.05, 0.1) is 12.5 Å². The van der Waals surface area contributed by atoms with Crippen molar-refractivity contribution in [1.29, 1.82) is 0 Å². The highest BCUT2D eigenvalue weighted by atomic mass is 16.5. The molecule has 0 saturated carbocycles. The van der Waals surface area contributed by atoms with Crippen LogP contribution in [0.15, 0.2) is 12.7 Å². The van der Waals surface area contributed by atoms with Crippen LogP contribution in [0.5, 0.6) is 0 Å². The van der Waals surface area contributed by atoms with E-state index < -0.39 is 0 Å². The molecule has 0 aromatic heterocycles. The summed E-state index contributed by atoms with van der Waals surface area (Å²) in [5.74, 6) is -0.0393. The van der Waals surface area contributed by atoms with Crippen molar-refractivity contribution in [2.75, 3.05) is 6.61 Å². The third-order valence-corrected chi connectivity index (χ3v) is 2.23. The lowest BCUT2D eigenvalue weighted by molar-refractivity contribution is -0.148. The molecule has 1 atom stereocenters. The lowest BCUT2D eigenvalue weighted by Gasteiger charge is -2.12. The zero-order chi connectivity index (χ0) is 10.8. The molecule has 2 nitrogen and oxygen atoms in total. The Morgan fingerprint density at radius 1 is 1.43 bits per heavy atom. The molecule has 0 bridgehead atoms. The molecule has 0 heterocycles. The Morgan fingerprint density at radius 2 is 2.14 bits per heavy atom. The molecule has 1 unspecified atom stereocenters. The van der Waals surface area contributed by atoms with Gasteiger partial charge in [0.1, 0.15) is 0 Å². The average Bonchev–Trinajstić information content (AvgIpc) is 2.17. The van der Waals surface area contributed by atoms with Crippen molar-refractivity contribution < 1.29 is 9.53 Å². The Balaban J connectivity index is 3.86. The monoisotopic (exact) mass is 198 g/mol. The van der Waals surface area contributed by atoms with Crippen molar-refractivity contribution in [3.63, 3.8) is 0 Å². The third kappa shape index (κ3) is 5.79. The van der Waals surface area contributed by atoms with Crippen LogP contribution in [-0.4, -0.2) is 12.6 Å². The van der Waals surface area contributed by atoms with Gasteiger partial charge >= 0.3 is 5.97 Å². The van der Waals surface area contributed by atoms with Crippen LogP contribution in [0.2, 0.25) is 0 Å². The SMILES string of the molecule is C=CCC(CCCCC)C(=O)OCC. The third-order valence-electron chi connectivity index (χ3n) is 2.23. The number of unbranched alkanes of at least 4 members (excludes halogenated alkanes) is 2. The summed E-state index contributed by atoms with van der Waals surface area (Å²) in [7, 11) is 0. The first-order valence-corrected chi connectivity index (χ1v) is 5.53. The summed E-state index contributed by atoms with van der Waals surface area (Å²) >= 11 is 0. The largest absolute Gasteiger partial charge is 0.466 e. The Bertz CT molecular complexity index is 164. The number of carbonyl (C=O) groups excluding carboxylic acids is 1. The highest BCUT2D eigenvalue weighted by molar-refractivity contribution is 5.72. The number of ether oxygens (including phenoxy) is 1. The fourth-order valence-corrected chi connectivity index (χ4v) is 1.43. The first kappa shape index (κ1) is 13.2. The first-order valence-electron chi connectivity index (χ1n) is 5.53. The van der Waals surface area contributed by atoms with Crippen LogP contribution in [0.4, 0.5) is 0 Å². The molecule has 0 saturated heterocycles. The van der Waals surface area contributed by atoms with E-state index in [1.807, 2.05) is 6.92 Å². The molecule has 0 aliphatic rings. The number of hydrogen-bond donors (Lipinski definition) is 0. The van der Waals surface area contributed by atoms with E-state index >= 15 is 0 Å².